The molecular weight excluding hydrogens is 246 g/mol. The summed E-state index contributed by atoms with van der Waals surface area (Å²) in [5.41, 5.74) is 0.504. The highest BCUT2D eigenvalue weighted by Gasteiger charge is 2.15. The maximum Gasteiger partial charge on any atom is 0.259 e. The normalized spacial score (nSPS) is 10.2. The van der Waals surface area contributed by atoms with Gasteiger partial charge >= 0.3 is 0 Å². The molecule has 0 unspecified atom stereocenters. The number of hydrogen-bond donors (Lipinski definition) is 3. The smallest absolute Gasteiger partial charge is 0.259 e. The maximum absolute atomic E-state index is 11.9. The van der Waals surface area contributed by atoms with Gasteiger partial charge in [-0.05, 0) is 25.1 Å². The van der Waals surface area contributed by atoms with Gasteiger partial charge in [0.05, 0.1) is 12.2 Å². The van der Waals surface area contributed by atoms with Gasteiger partial charge in [0.1, 0.15) is 22.9 Å². The topological polar surface area (TPSA) is 95.3 Å². The molecule has 0 spiro atoms. The largest absolute Gasteiger partial charge is 0.507 e. The Morgan fingerprint density at radius 3 is 2.58 bits per heavy atom. The van der Waals surface area contributed by atoms with Gasteiger partial charge in [-0.3, -0.25) is 4.79 Å². The quantitative estimate of drug-likeness (QED) is 0.767. The van der Waals surface area contributed by atoms with E-state index in [0.29, 0.717) is 11.5 Å². The minimum atomic E-state index is -0.563. The molecule has 0 aliphatic heterocycles. The minimum Gasteiger partial charge on any atom is -0.507 e. The van der Waals surface area contributed by atoms with Crippen molar-refractivity contribution in [2.75, 3.05) is 0 Å². The van der Waals surface area contributed by atoms with E-state index in [2.05, 4.69) is 15.3 Å². The van der Waals surface area contributed by atoms with Gasteiger partial charge in [0.2, 0.25) is 0 Å². The van der Waals surface area contributed by atoms with Gasteiger partial charge in [0.15, 0.2) is 0 Å². The molecular formula is C13H13N3O3. The summed E-state index contributed by atoms with van der Waals surface area (Å²) in [6.07, 6.45) is 1.60. The third kappa shape index (κ3) is 2.98. The van der Waals surface area contributed by atoms with Crippen molar-refractivity contribution in [1.82, 2.24) is 15.3 Å². The number of benzene rings is 1. The number of phenolic OH excluding ortho intramolecular Hbond substituents is 2. The monoisotopic (exact) mass is 259 g/mol. The van der Waals surface area contributed by atoms with Crippen LogP contribution in [0, 0.1) is 6.92 Å². The SMILES string of the molecule is Cc1nccc(CNC(=O)c2c(O)cccc2O)n1. The summed E-state index contributed by atoms with van der Waals surface area (Å²) in [6, 6.07) is 5.81. The zero-order chi connectivity index (χ0) is 13.8. The van der Waals surface area contributed by atoms with E-state index in [-0.39, 0.29) is 23.6 Å². The van der Waals surface area contributed by atoms with E-state index in [9.17, 15) is 15.0 Å². The Morgan fingerprint density at radius 2 is 1.95 bits per heavy atom. The Morgan fingerprint density at radius 1 is 1.26 bits per heavy atom. The molecule has 0 aliphatic carbocycles. The van der Waals surface area contributed by atoms with Crippen LogP contribution < -0.4 is 5.32 Å². The lowest BCUT2D eigenvalue weighted by Crippen LogP contribution is -2.23. The molecule has 0 saturated carbocycles. The summed E-state index contributed by atoms with van der Waals surface area (Å²) < 4.78 is 0. The van der Waals surface area contributed by atoms with Crippen LogP contribution in [0.25, 0.3) is 0 Å². The van der Waals surface area contributed by atoms with Crippen LogP contribution >= 0.6 is 0 Å². The molecule has 6 heteroatoms. The van der Waals surface area contributed by atoms with Crippen molar-refractivity contribution in [2.24, 2.45) is 0 Å². The maximum atomic E-state index is 11.9. The van der Waals surface area contributed by atoms with Gasteiger partial charge in [-0.1, -0.05) is 6.07 Å². The van der Waals surface area contributed by atoms with Crippen LogP contribution in [0.3, 0.4) is 0 Å². The van der Waals surface area contributed by atoms with E-state index in [1.165, 1.54) is 18.2 Å². The zero-order valence-electron chi connectivity index (χ0n) is 10.3. The van der Waals surface area contributed by atoms with Gasteiger partial charge < -0.3 is 15.5 Å². The first-order valence-electron chi connectivity index (χ1n) is 5.65. The summed E-state index contributed by atoms with van der Waals surface area (Å²) in [7, 11) is 0. The number of hydrogen-bond acceptors (Lipinski definition) is 5. The number of aryl methyl sites for hydroxylation is 1. The Labute approximate surface area is 109 Å². The number of nitrogens with one attached hydrogen (secondary N) is 1. The second kappa shape index (κ2) is 5.34. The Kier molecular flexibility index (Phi) is 3.61. The number of amides is 1. The van der Waals surface area contributed by atoms with Crippen LogP contribution in [0.2, 0.25) is 0 Å². The molecule has 6 nitrogen and oxygen atoms in total. The van der Waals surface area contributed by atoms with Crippen LogP contribution in [-0.4, -0.2) is 26.1 Å². The molecule has 3 N–H and O–H groups in total. The molecule has 98 valence electrons. The molecule has 1 aromatic heterocycles. The number of carbonyl (C=O) groups excluding carboxylic acids is 1. The van der Waals surface area contributed by atoms with E-state index < -0.39 is 5.91 Å². The van der Waals surface area contributed by atoms with Crippen molar-refractivity contribution in [3.8, 4) is 11.5 Å². The predicted octanol–water partition coefficient (Wildman–Crippen LogP) is 1.13. The summed E-state index contributed by atoms with van der Waals surface area (Å²) in [5.74, 6) is -0.489. The molecule has 0 aliphatic rings. The van der Waals surface area contributed by atoms with Crippen molar-refractivity contribution in [3.05, 3.63) is 47.5 Å². The molecule has 0 radical (unpaired) electrons. The van der Waals surface area contributed by atoms with Crippen LogP contribution in [-0.2, 0) is 6.54 Å². The number of carbonyl (C=O) groups is 1. The second-order valence-corrected chi connectivity index (χ2v) is 3.95. The number of rotatable bonds is 3. The molecule has 0 atom stereocenters. The fourth-order valence-electron chi connectivity index (χ4n) is 1.62. The Balaban J connectivity index is 2.10. The van der Waals surface area contributed by atoms with Crippen molar-refractivity contribution in [1.29, 1.82) is 0 Å². The van der Waals surface area contributed by atoms with E-state index in [1.54, 1.807) is 19.2 Å². The average Bonchev–Trinajstić information content (AvgIpc) is 2.36. The second-order valence-electron chi connectivity index (χ2n) is 3.95. The highest BCUT2D eigenvalue weighted by atomic mass is 16.3. The minimum absolute atomic E-state index is 0.145. The molecule has 1 aromatic carbocycles. The first-order chi connectivity index (χ1) is 9.08. The van der Waals surface area contributed by atoms with Crippen LogP contribution in [0.1, 0.15) is 21.9 Å². The summed E-state index contributed by atoms with van der Waals surface area (Å²) in [5, 5.41) is 21.7. The Hall–Kier alpha value is -2.63. The predicted molar refractivity (Wildman–Crippen MR) is 67.7 cm³/mol. The lowest BCUT2D eigenvalue weighted by molar-refractivity contribution is 0.0945. The summed E-state index contributed by atoms with van der Waals surface area (Å²) in [4.78, 5) is 20.0. The first kappa shape index (κ1) is 12.8. The van der Waals surface area contributed by atoms with E-state index in [1.807, 2.05) is 0 Å². The Bertz CT molecular complexity index is 594. The molecule has 2 rings (SSSR count). The number of nitrogens with zero attached hydrogens (tertiary/aromatic N) is 2. The lowest BCUT2D eigenvalue weighted by atomic mass is 10.1. The van der Waals surface area contributed by atoms with Crippen molar-refractivity contribution in [3.63, 3.8) is 0 Å². The lowest BCUT2D eigenvalue weighted by Gasteiger charge is -2.08. The van der Waals surface area contributed by atoms with Gasteiger partial charge in [-0.2, -0.15) is 0 Å². The van der Waals surface area contributed by atoms with Crippen LogP contribution in [0.5, 0.6) is 11.5 Å². The number of aromatic nitrogens is 2. The third-order valence-corrected chi connectivity index (χ3v) is 2.51. The zero-order valence-corrected chi connectivity index (χ0v) is 10.3. The van der Waals surface area contributed by atoms with E-state index in [0.717, 1.165) is 0 Å². The highest BCUT2D eigenvalue weighted by molar-refractivity contribution is 5.99. The van der Waals surface area contributed by atoms with Gasteiger partial charge in [0.25, 0.3) is 5.91 Å². The highest BCUT2D eigenvalue weighted by Crippen LogP contribution is 2.25. The summed E-state index contributed by atoms with van der Waals surface area (Å²) >= 11 is 0. The fourth-order valence-corrected chi connectivity index (χ4v) is 1.62. The van der Waals surface area contributed by atoms with Crippen molar-refractivity contribution < 1.29 is 15.0 Å². The van der Waals surface area contributed by atoms with Gasteiger partial charge in [-0.15, -0.1) is 0 Å². The first-order valence-corrected chi connectivity index (χ1v) is 5.65. The van der Waals surface area contributed by atoms with Crippen molar-refractivity contribution in [2.45, 2.75) is 13.5 Å². The average molecular weight is 259 g/mol. The molecule has 2 aromatic rings. The molecule has 0 bridgehead atoms. The standard InChI is InChI=1S/C13H13N3O3/c1-8-14-6-5-9(16-8)7-15-13(19)12-10(17)3-2-4-11(12)18/h2-6,17-18H,7H2,1H3,(H,15,19). The van der Waals surface area contributed by atoms with Gasteiger partial charge in [0, 0.05) is 6.20 Å². The molecule has 1 amide bonds. The summed E-state index contributed by atoms with van der Waals surface area (Å²) in [6.45, 7) is 1.94. The van der Waals surface area contributed by atoms with Crippen LogP contribution in [0.4, 0.5) is 0 Å². The number of phenols is 2. The molecule has 0 fully saturated rings. The number of aromatic hydroxyl groups is 2. The fraction of sp³-hybridized carbons (Fsp3) is 0.154. The van der Waals surface area contributed by atoms with E-state index >= 15 is 0 Å². The third-order valence-electron chi connectivity index (χ3n) is 2.51. The molecule has 0 saturated heterocycles. The van der Waals surface area contributed by atoms with E-state index in [4.69, 9.17) is 0 Å². The molecule has 19 heavy (non-hydrogen) atoms. The van der Waals surface area contributed by atoms with Gasteiger partial charge in [-0.25, -0.2) is 9.97 Å². The molecule has 1 heterocycles. The van der Waals surface area contributed by atoms with Crippen LogP contribution in [0.15, 0.2) is 30.5 Å². The van der Waals surface area contributed by atoms with Crippen molar-refractivity contribution >= 4 is 5.91 Å².